The molecule has 1 fully saturated rings. The van der Waals surface area contributed by atoms with E-state index in [1.807, 2.05) is 4.57 Å². The Morgan fingerprint density at radius 1 is 1.56 bits per heavy atom. The van der Waals surface area contributed by atoms with E-state index in [0.717, 1.165) is 12.8 Å². The van der Waals surface area contributed by atoms with Crippen LogP contribution in [0.4, 0.5) is 4.79 Å². The Bertz CT molecular complexity index is 399. The summed E-state index contributed by atoms with van der Waals surface area (Å²) in [6.07, 6.45) is 3.03. The number of hydrogen-bond acceptors (Lipinski definition) is 5. The van der Waals surface area contributed by atoms with Gasteiger partial charge in [0.05, 0.1) is 6.61 Å². The predicted molar refractivity (Wildman–Crippen MR) is 62.8 cm³/mol. The number of carbonyl (C=O) groups is 1. The minimum absolute atomic E-state index is 0.113. The van der Waals surface area contributed by atoms with Crippen molar-refractivity contribution in [2.24, 2.45) is 0 Å². The Labute approximate surface area is 105 Å². The molecular formula is C11H18N4O3. The Kier molecular flexibility index (Phi) is 4.14. The maximum atomic E-state index is 11.5. The maximum Gasteiger partial charge on any atom is 0.409 e. The quantitative estimate of drug-likeness (QED) is 0.852. The van der Waals surface area contributed by atoms with Gasteiger partial charge in [-0.25, -0.2) is 4.79 Å². The van der Waals surface area contributed by atoms with E-state index in [-0.39, 0.29) is 18.7 Å². The highest BCUT2D eigenvalue weighted by atomic mass is 16.6. The number of nitrogens with zero attached hydrogens (tertiary/aromatic N) is 4. The minimum Gasteiger partial charge on any atom is -0.450 e. The van der Waals surface area contributed by atoms with Gasteiger partial charge in [0.1, 0.15) is 12.9 Å². The largest absolute Gasteiger partial charge is 0.450 e. The fraction of sp³-hybridized carbons (Fsp3) is 0.727. The molecule has 1 aromatic rings. The van der Waals surface area contributed by atoms with E-state index in [0.29, 0.717) is 25.5 Å². The Hall–Kier alpha value is -1.63. The van der Waals surface area contributed by atoms with Crippen LogP contribution < -0.4 is 0 Å². The molecule has 7 heteroatoms. The first-order chi connectivity index (χ1) is 8.76. The predicted octanol–water partition coefficient (Wildman–Crippen LogP) is 0.564. The van der Waals surface area contributed by atoms with Crippen molar-refractivity contribution >= 4 is 6.09 Å². The van der Waals surface area contributed by atoms with Gasteiger partial charge in [-0.1, -0.05) is 0 Å². The molecule has 100 valence electrons. The lowest BCUT2D eigenvalue weighted by Crippen LogP contribution is -2.39. The fourth-order valence-corrected chi connectivity index (χ4v) is 2.23. The van der Waals surface area contributed by atoms with Crippen LogP contribution in [0.1, 0.15) is 31.6 Å². The van der Waals surface area contributed by atoms with Crippen molar-refractivity contribution in [3.8, 4) is 0 Å². The fourth-order valence-electron chi connectivity index (χ4n) is 2.23. The van der Waals surface area contributed by atoms with Gasteiger partial charge in [-0.2, -0.15) is 0 Å². The van der Waals surface area contributed by atoms with Gasteiger partial charge >= 0.3 is 6.09 Å². The van der Waals surface area contributed by atoms with Crippen molar-refractivity contribution in [3.05, 3.63) is 12.2 Å². The number of ether oxygens (including phenoxy) is 1. The van der Waals surface area contributed by atoms with Gasteiger partial charge in [0.15, 0.2) is 5.82 Å². The third-order valence-corrected chi connectivity index (χ3v) is 3.17. The van der Waals surface area contributed by atoms with E-state index >= 15 is 0 Å². The molecule has 1 saturated heterocycles. The molecular weight excluding hydrogens is 236 g/mol. The molecule has 1 aliphatic heterocycles. The molecule has 7 nitrogen and oxygen atoms in total. The first kappa shape index (κ1) is 12.8. The van der Waals surface area contributed by atoms with Crippen molar-refractivity contribution in [2.75, 3.05) is 19.7 Å². The van der Waals surface area contributed by atoms with Crippen molar-refractivity contribution < 1.29 is 14.6 Å². The van der Waals surface area contributed by atoms with Crippen molar-refractivity contribution in [3.63, 3.8) is 0 Å². The number of aliphatic hydroxyl groups excluding tert-OH is 1. The summed E-state index contributed by atoms with van der Waals surface area (Å²) in [5, 5.41) is 16.8. The van der Waals surface area contributed by atoms with Crippen LogP contribution in [0.25, 0.3) is 0 Å². The summed E-state index contributed by atoms with van der Waals surface area (Å²) < 4.78 is 6.86. The van der Waals surface area contributed by atoms with Gasteiger partial charge in [-0.15, -0.1) is 10.2 Å². The number of piperidine rings is 1. The molecule has 0 bridgehead atoms. The standard InChI is InChI=1S/C11H18N4O3/c1-2-18-11(17)14-5-3-9(4-6-14)15-8-12-13-10(15)7-16/h8-9,16H,2-7H2,1H3. The average molecular weight is 254 g/mol. The van der Waals surface area contributed by atoms with Gasteiger partial charge in [0, 0.05) is 19.1 Å². The molecule has 1 amide bonds. The summed E-state index contributed by atoms with van der Waals surface area (Å²) in [5.41, 5.74) is 0. The monoisotopic (exact) mass is 254 g/mol. The third kappa shape index (κ3) is 2.61. The molecule has 0 radical (unpaired) electrons. The summed E-state index contributed by atoms with van der Waals surface area (Å²) in [6.45, 7) is 3.41. The average Bonchev–Trinajstić information content (AvgIpc) is 2.87. The Morgan fingerprint density at radius 3 is 2.89 bits per heavy atom. The van der Waals surface area contributed by atoms with Crippen LogP contribution in [0.3, 0.4) is 0 Å². The smallest absolute Gasteiger partial charge is 0.409 e. The molecule has 0 aromatic carbocycles. The SMILES string of the molecule is CCOC(=O)N1CCC(n2cnnc2CO)CC1. The molecule has 18 heavy (non-hydrogen) atoms. The molecule has 0 aliphatic carbocycles. The second kappa shape index (κ2) is 5.81. The summed E-state index contributed by atoms with van der Waals surface area (Å²) >= 11 is 0. The van der Waals surface area contributed by atoms with Crippen LogP contribution in [0.2, 0.25) is 0 Å². The van der Waals surface area contributed by atoms with Gasteiger partial charge in [-0.05, 0) is 19.8 Å². The second-order valence-corrected chi connectivity index (χ2v) is 4.23. The number of amides is 1. The van der Waals surface area contributed by atoms with Crippen LogP contribution in [-0.2, 0) is 11.3 Å². The van der Waals surface area contributed by atoms with E-state index in [1.54, 1.807) is 18.2 Å². The van der Waals surface area contributed by atoms with Crippen LogP contribution in [0, 0.1) is 0 Å². The summed E-state index contributed by atoms with van der Waals surface area (Å²) in [5.74, 6) is 0.574. The van der Waals surface area contributed by atoms with Gasteiger partial charge in [0.25, 0.3) is 0 Å². The molecule has 1 aromatic heterocycles. The summed E-state index contributed by atoms with van der Waals surface area (Å²) in [6, 6.07) is 0.243. The van der Waals surface area contributed by atoms with E-state index < -0.39 is 0 Å². The zero-order valence-corrected chi connectivity index (χ0v) is 10.4. The molecule has 0 saturated carbocycles. The highest BCUT2D eigenvalue weighted by Crippen LogP contribution is 2.23. The molecule has 2 rings (SSSR count). The topological polar surface area (TPSA) is 80.5 Å². The zero-order chi connectivity index (χ0) is 13.0. The first-order valence-electron chi connectivity index (χ1n) is 6.17. The number of aliphatic hydroxyl groups is 1. The molecule has 1 N–H and O–H groups in total. The molecule has 0 atom stereocenters. The lowest BCUT2D eigenvalue weighted by molar-refractivity contribution is 0.0919. The van der Waals surface area contributed by atoms with E-state index in [4.69, 9.17) is 9.84 Å². The zero-order valence-electron chi connectivity index (χ0n) is 10.4. The van der Waals surface area contributed by atoms with Gasteiger partial charge < -0.3 is 19.3 Å². The second-order valence-electron chi connectivity index (χ2n) is 4.23. The summed E-state index contributed by atoms with van der Waals surface area (Å²) in [7, 11) is 0. The van der Waals surface area contributed by atoms with Crippen LogP contribution >= 0.6 is 0 Å². The number of likely N-dealkylation sites (tertiary alicyclic amines) is 1. The normalized spacial score (nSPS) is 16.9. The van der Waals surface area contributed by atoms with E-state index in [9.17, 15) is 4.79 Å². The minimum atomic E-state index is -0.248. The molecule has 1 aliphatic rings. The van der Waals surface area contributed by atoms with Gasteiger partial charge in [-0.3, -0.25) is 0 Å². The highest BCUT2D eigenvalue weighted by Gasteiger charge is 2.25. The lowest BCUT2D eigenvalue weighted by Gasteiger charge is -2.32. The Morgan fingerprint density at radius 2 is 2.28 bits per heavy atom. The van der Waals surface area contributed by atoms with Crippen LogP contribution in [-0.4, -0.2) is 50.6 Å². The molecule has 0 unspecified atom stereocenters. The molecule has 0 spiro atoms. The van der Waals surface area contributed by atoms with Crippen molar-refractivity contribution in [2.45, 2.75) is 32.4 Å². The van der Waals surface area contributed by atoms with Crippen molar-refractivity contribution in [1.82, 2.24) is 19.7 Å². The Balaban J connectivity index is 1.92. The number of rotatable bonds is 3. The maximum absolute atomic E-state index is 11.5. The number of carbonyl (C=O) groups excluding carboxylic acids is 1. The van der Waals surface area contributed by atoms with Crippen LogP contribution in [0.15, 0.2) is 6.33 Å². The lowest BCUT2D eigenvalue weighted by atomic mass is 10.1. The van der Waals surface area contributed by atoms with Crippen LogP contribution in [0.5, 0.6) is 0 Å². The highest BCUT2D eigenvalue weighted by molar-refractivity contribution is 5.67. The van der Waals surface area contributed by atoms with Crippen molar-refractivity contribution in [1.29, 1.82) is 0 Å². The number of aromatic nitrogens is 3. The third-order valence-electron chi connectivity index (χ3n) is 3.17. The van der Waals surface area contributed by atoms with E-state index in [1.165, 1.54) is 0 Å². The van der Waals surface area contributed by atoms with Gasteiger partial charge in [0.2, 0.25) is 0 Å². The van der Waals surface area contributed by atoms with E-state index in [2.05, 4.69) is 10.2 Å². The first-order valence-corrected chi connectivity index (χ1v) is 6.17. The molecule has 2 heterocycles. The number of hydrogen-bond donors (Lipinski definition) is 1. The summed E-state index contributed by atoms with van der Waals surface area (Å²) in [4.78, 5) is 13.3.